The molecule has 9 heteroatoms. The van der Waals surface area contributed by atoms with Crippen LogP contribution in [0.1, 0.15) is 125 Å². The summed E-state index contributed by atoms with van der Waals surface area (Å²) in [4.78, 5) is 56.7. The lowest BCUT2D eigenvalue weighted by Gasteiger charge is -2.47. The third-order valence-corrected chi connectivity index (χ3v) is 10.6. The number of carbonyl (C=O) groups is 4. The van der Waals surface area contributed by atoms with Gasteiger partial charge in [-0.3, -0.25) is 14.4 Å². The highest BCUT2D eigenvalue weighted by molar-refractivity contribution is 6.50. The fraction of sp³-hybridized carbons (Fsp3) is 0.829. The van der Waals surface area contributed by atoms with Gasteiger partial charge in [0.2, 0.25) is 5.79 Å². The highest BCUT2D eigenvalue weighted by atomic mass is 28.3. The summed E-state index contributed by atoms with van der Waals surface area (Å²) in [6, 6.07) is -1.03. The Hall–Kier alpha value is -1.84. The van der Waals surface area contributed by atoms with E-state index in [9.17, 15) is 19.2 Å². The van der Waals surface area contributed by atoms with E-state index in [1.807, 2.05) is 33.0 Å². The topological polar surface area (TPSA) is 99.2 Å². The number of carbonyl (C=O) groups excluding carboxylic acids is 4. The average Bonchev–Trinajstić information content (AvgIpc) is 2.99. The zero-order valence-corrected chi connectivity index (χ0v) is 29.7. The van der Waals surface area contributed by atoms with Crippen molar-refractivity contribution in [1.29, 1.82) is 0 Å². The molecule has 3 aliphatic rings. The number of unbranched alkanes of at least 4 members (excludes halogenated alkanes) is 1. The Bertz CT molecular complexity index is 1030. The summed E-state index contributed by atoms with van der Waals surface area (Å²) >= 11 is 0. The van der Waals surface area contributed by atoms with Gasteiger partial charge in [-0.25, -0.2) is 4.79 Å². The number of cyclic esters (lactones) is 1. The van der Waals surface area contributed by atoms with Crippen molar-refractivity contribution in [3.05, 3.63) is 11.6 Å². The Morgan fingerprint density at radius 2 is 1.70 bits per heavy atom. The zero-order chi connectivity index (χ0) is 32.4. The van der Waals surface area contributed by atoms with Gasteiger partial charge in [0.15, 0.2) is 9.04 Å². The quantitative estimate of drug-likeness (QED) is 0.144. The maximum atomic E-state index is 14.5. The van der Waals surface area contributed by atoms with E-state index < -0.39 is 38.5 Å². The summed E-state index contributed by atoms with van der Waals surface area (Å²) in [5.41, 5.74) is 1.20. The Morgan fingerprint density at radius 3 is 2.41 bits per heavy atom. The smallest absolute Gasteiger partial charge is 0.328 e. The Labute approximate surface area is 267 Å². The number of ketones is 2. The molecule has 2 fully saturated rings. The minimum absolute atomic E-state index is 0.00783. The number of rotatable bonds is 5. The molecule has 0 saturated carbocycles. The monoisotopic (exact) mass is 633 g/mol. The van der Waals surface area contributed by atoms with Crippen LogP contribution in [-0.4, -0.2) is 68.0 Å². The van der Waals surface area contributed by atoms with Crippen LogP contribution in [0.4, 0.5) is 0 Å². The minimum atomic E-state index is -1.82. The molecule has 0 spiro atoms. The highest BCUT2D eigenvalue weighted by Crippen LogP contribution is 2.40. The lowest BCUT2D eigenvalue weighted by Crippen LogP contribution is -2.64. The first-order chi connectivity index (χ1) is 20.9. The van der Waals surface area contributed by atoms with Crippen molar-refractivity contribution in [3.63, 3.8) is 0 Å². The molecule has 250 valence electrons. The predicted molar refractivity (Wildman–Crippen MR) is 175 cm³/mol. The second-order valence-electron chi connectivity index (χ2n) is 14.3. The average molecular weight is 634 g/mol. The van der Waals surface area contributed by atoms with E-state index in [0.29, 0.717) is 31.6 Å². The van der Waals surface area contributed by atoms with E-state index in [2.05, 4.69) is 20.8 Å². The number of nitrogens with zero attached hydrogens (tertiary/aromatic N) is 1. The lowest BCUT2D eigenvalue weighted by molar-refractivity contribution is -0.253. The van der Waals surface area contributed by atoms with Gasteiger partial charge in [-0.2, -0.15) is 0 Å². The van der Waals surface area contributed by atoms with E-state index in [-0.39, 0.29) is 36.4 Å². The molecule has 0 aromatic rings. The third-order valence-electron chi connectivity index (χ3n) is 9.73. The van der Waals surface area contributed by atoms with Crippen molar-refractivity contribution in [3.8, 4) is 0 Å². The summed E-state index contributed by atoms with van der Waals surface area (Å²) in [7, 11) is -1.82. The number of allylic oxidation sites excluding steroid dienone is 2. The van der Waals surface area contributed by atoms with Crippen molar-refractivity contribution in [1.82, 2.24) is 4.90 Å². The van der Waals surface area contributed by atoms with Crippen LogP contribution in [0.15, 0.2) is 11.6 Å². The summed E-state index contributed by atoms with van der Waals surface area (Å²) < 4.78 is 18.9. The van der Waals surface area contributed by atoms with Gasteiger partial charge in [-0.15, -0.1) is 0 Å². The van der Waals surface area contributed by atoms with Crippen LogP contribution in [0.5, 0.6) is 0 Å². The number of hydrogen-bond acceptors (Lipinski definition) is 7. The first-order valence-electron chi connectivity index (χ1n) is 17.4. The summed E-state index contributed by atoms with van der Waals surface area (Å²) in [6.45, 7) is 14.5. The van der Waals surface area contributed by atoms with Crippen molar-refractivity contribution in [2.75, 3.05) is 6.61 Å². The standard InChI is InChI=1S/C35H59NO7Si/c1-8-9-11-28-12-10-13-31-34(40)41-23-26(4)15-19-29(37)18-14-24(2)22-25(3)16-20-30-21-17-27(5)35(42-30,43-44(6)7)32(38)33(39)36(28)31/h14,25-28,30-31,44H,8-13,15-23H2,1-7H3. The third kappa shape index (κ3) is 9.83. The zero-order valence-electron chi connectivity index (χ0n) is 28.5. The molecule has 44 heavy (non-hydrogen) atoms. The van der Waals surface area contributed by atoms with Crippen LogP contribution in [0.25, 0.3) is 0 Å². The normalized spacial score (nSPS) is 34.2. The van der Waals surface area contributed by atoms with Gasteiger partial charge >= 0.3 is 5.97 Å². The molecule has 8 nitrogen and oxygen atoms in total. The summed E-state index contributed by atoms with van der Waals surface area (Å²) in [6.07, 6.45) is 12.0. The number of ether oxygens (including phenoxy) is 2. The van der Waals surface area contributed by atoms with Crippen LogP contribution < -0.4 is 0 Å². The highest BCUT2D eigenvalue weighted by Gasteiger charge is 2.55. The molecule has 2 bridgehead atoms. The molecule has 0 aromatic heterocycles. The number of amides is 1. The molecule has 3 rings (SSSR count). The van der Waals surface area contributed by atoms with E-state index in [1.165, 1.54) is 5.57 Å². The van der Waals surface area contributed by atoms with Crippen molar-refractivity contribution in [2.24, 2.45) is 17.8 Å². The van der Waals surface area contributed by atoms with Crippen LogP contribution in [0.2, 0.25) is 13.1 Å². The molecule has 3 heterocycles. The maximum Gasteiger partial charge on any atom is 0.328 e. The molecule has 1 amide bonds. The molecule has 7 atom stereocenters. The van der Waals surface area contributed by atoms with Crippen molar-refractivity contribution < 1.29 is 33.1 Å². The maximum absolute atomic E-state index is 14.5. The second-order valence-corrected chi connectivity index (χ2v) is 16.6. The lowest BCUT2D eigenvalue weighted by atomic mass is 9.84. The summed E-state index contributed by atoms with van der Waals surface area (Å²) in [5.74, 6) is -3.12. The molecule has 0 N–H and O–H groups in total. The molecule has 0 radical (unpaired) electrons. The van der Waals surface area contributed by atoms with Crippen molar-refractivity contribution in [2.45, 2.75) is 162 Å². The number of piperidine rings is 1. The van der Waals surface area contributed by atoms with Gasteiger partial charge in [0.25, 0.3) is 11.7 Å². The van der Waals surface area contributed by atoms with E-state index >= 15 is 0 Å². The van der Waals surface area contributed by atoms with Gasteiger partial charge in [0.05, 0.1) is 12.7 Å². The van der Waals surface area contributed by atoms with Crippen LogP contribution in [0, 0.1) is 17.8 Å². The Kier molecular flexibility index (Phi) is 14.3. The number of fused-ring (bicyclic) bond motifs is 3. The summed E-state index contributed by atoms with van der Waals surface area (Å²) in [5, 5.41) is 0. The predicted octanol–water partition coefficient (Wildman–Crippen LogP) is 6.69. The first-order valence-corrected chi connectivity index (χ1v) is 20.2. The first kappa shape index (κ1) is 36.6. The molecule has 0 aliphatic carbocycles. The fourth-order valence-electron chi connectivity index (χ4n) is 7.09. The van der Waals surface area contributed by atoms with Crippen LogP contribution in [0.3, 0.4) is 0 Å². The Morgan fingerprint density at radius 1 is 0.977 bits per heavy atom. The van der Waals surface area contributed by atoms with Crippen LogP contribution in [-0.2, 0) is 33.1 Å². The fourth-order valence-corrected chi connectivity index (χ4v) is 8.19. The van der Waals surface area contributed by atoms with Gasteiger partial charge in [-0.1, -0.05) is 52.2 Å². The minimum Gasteiger partial charge on any atom is -0.464 e. The second kappa shape index (κ2) is 17.2. The SMILES string of the molecule is CCCCC1CCCC2C(=O)OCC(C)CCC(=O)CC=C(C)CC(C)CCC3CCC(C)C(O[SiH](C)C)(O3)C(=O)C(=O)N12. The van der Waals surface area contributed by atoms with Gasteiger partial charge in [0, 0.05) is 24.8 Å². The molecule has 7 unspecified atom stereocenters. The van der Waals surface area contributed by atoms with Crippen LogP contribution >= 0.6 is 0 Å². The Balaban J connectivity index is 1.98. The van der Waals surface area contributed by atoms with Gasteiger partial charge < -0.3 is 18.8 Å². The molecule has 0 aromatic carbocycles. The van der Waals surface area contributed by atoms with E-state index in [0.717, 1.165) is 64.2 Å². The molecule has 3 aliphatic heterocycles. The number of esters is 1. The van der Waals surface area contributed by atoms with E-state index in [4.69, 9.17) is 13.9 Å². The van der Waals surface area contributed by atoms with Gasteiger partial charge in [0.1, 0.15) is 11.8 Å². The molecular weight excluding hydrogens is 574 g/mol. The largest absolute Gasteiger partial charge is 0.464 e. The van der Waals surface area contributed by atoms with Gasteiger partial charge in [-0.05, 0) is 96.1 Å². The molecular formula is C35H59NO7Si. The van der Waals surface area contributed by atoms with E-state index in [1.54, 1.807) is 4.90 Å². The number of Topliss-reactive ketones (excluding diaryl/α,β-unsaturated/α-hetero) is 2. The number of hydrogen-bond donors (Lipinski definition) is 0. The molecule has 2 saturated heterocycles. The van der Waals surface area contributed by atoms with Crippen molar-refractivity contribution >= 4 is 32.5 Å².